The summed E-state index contributed by atoms with van der Waals surface area (Å²) in [6.45, 7) is 9.82. The van der Waals surface area contributed by atoms with Crippen LogP contribution in [-0.2, 0) is 0 Å². The lowest BCUT2D eigenvalue weighted by atomic mass is 10.2. The summed E-state index contributed by atoms with van der Waals surface area (Å²) in [5.74, 6) is 0.818. The molecule has 0 unspecified atom stereocenters. The molecule has 1 N–H and O–H groups in total. The smallest absolute Gasteiger partial charge is 0.178 e. The van der Waals surface area contributed by atoms with Crippen LogP contribution in [0.3, 0.4) is 0 Å². The fourth-order valence-electron chi connectivity index (χ4n) is 1.59. The van der Waals surface area contributed by atoms with Gasteiger partial charge in [0.1, 0.15) is 5.82 Å². The molecule has 2 rings (SSSR count). The van der Waals surface area contributed by atoms with Crippen molar-refractivity contribution < 1.29 is 0 Å². The molecule has 0 amide bonds. The molecule has 19 heavy (non-hydrogen) atoms. The van der Waals surface area contributed by atoms with Crippen molar-refractivity contribution in [1.29, 1.82) is 0 Å². The van der Waals surface area contributed by atoms with Crippen LogP contribution in [0.15, 0.2) is 49.2 Å². The number of allylic oxidation sites excluding steroid dienone is 5. The number of nitrogens with one attached hydrogen (secondary N) is 1. The lowest BCUT2D eigenvalue weighted by Crippen LogP contribution is -1.83. The maximum Gasteiger partial charge on any atom is 0.178 e. The molecule has 0 aliphatic rings. The Hall–Kier alpha value is -2.16. The second-order valence-electron chi connectivity index (χ2n) is 3.63. The molecule has 0 saturated heterocycles. The predicted octanol–water partition coefficient (Wildman–Crippen LogP) is 4.52. The summed E-state index contributed by atoms with van der Waals surface area (Å²) < 4.78 is 0. The van der Waals surface area contributed by atoms with Gasteiger partial charge in [-0.2, -0.15) is 0 Å². The summed E-state index contributed by atoms with van der Waals surface area (Å²) in [4.78, 5) is 11.9. The number of hydrogen-bond donors (Lipinski definition) is 1. The van der Waals surface area contributed by atoms with E-state index in [1.807, 2.05) is 39.0 Å². The van der Waals surface area contributed by atoms with E-state index in [1.54, 1.807) is 12.3 Å². The van der Waals surface area contributed by atoms with Crippen molar-refractivity contribution in [3.05, 3.63) is 55.0 Å². The van der Waals surface area contributed by atoms with E-state index in [1.165, 1.54) is 0 Å². The minimum Gasteiger partial charge on any atom is -0.337 e. The summed E-state index contributed by atoms with van der Waals surface area (Å²) in [5.41, 5.74) is 2.68. The number of rotatable bonds is 4. The van der Waals surface area contributed by atoms with Crippen LogP contribution >= 0.6 is 0 Å². The van der Waals surface area contributed by atoms with Crippen molar-refractivity contribution in [3.63, 3.8) is 0 Å². The van der Waals surface area contributed by atoms with Crippen LogP contribution in [-0.4, -0.2) is 15.0 Å². The van der Waals surface area contributed by atoms with Gasteiger partial charge in [-0.1, -0.05) is 44.7 Å². The van der Waals surface area contributed by atoms with Gasteiger partial charge in [0.25, 0.3) is 0 Å². The van der Waals surface area contributed by atoms with Gasteiger partial charge in [-0.3, -0.25) is 0 Å². The highest BCUT2D eigenvalue weighted by atomic mass is 15.0. The second-order valence-corrected chi connectivity index (χ2v) is 3.63. The summed E-state index contributed by atoms with van der Waals surface area (Å²) in [6.07, 6.45) is 10.6. The van der Waals surface area contributed by atoms with E-state index in [4.69, 9.17) is 0 Å². The summed E-state index contributed by atoms with van der Waals surface area (Å²) in [5, 5.41) is 0. The average molecular weight is 255 g/mol. The van der Waals surface area contributed by atoms with Gasteiger partial charge in [0, 0.05) is 11.8 Å². The zero-order chi connectivity index (χ0) is 14.1. The highest BCUT2D eigenvalue weighted by Gasteiger charge is 2.04. The number of fused-ring (bicyclic) bond motifs is 1. The number of imidazole rings is 1. The lowest BCUT2D eigenvalue weighted by Gasteiger charge is -1.95. The van der Waals surface area contributed by atoms with E-state index < -0.39 is 0 Å². The van der Waals surface area contributed by atoms with E-state index in [-0.39, 0.29) is 0 Å². The lowest BCUT2D eigenvalue weighted by molar-refractivity contribution is 1.24. The SMILES string of the molecule is C=C/C(=C\CC=CC)c1nc2ncccc2[nH]1.CC. The van der Waals surface area contributed by atoms with Crippen molar-refractivity contribution in [1.82, 2.24) is 15.0 Å². The van der Waals surface area contributed by atoms with Gasteiger partial charge in [-0.05, 0) is 25.5 Å². The largest absolute Gasteiger partial charge is 0.337 e. The number of H-pyrrole nitrogens is 1. The summed E-state index contributed by atoms with van der Waals surface area (Å²) >= 11 is 0. The van der Waals surface area contributed by atoms with E-state index in [0.29, 0.717) is 0 Å². The quantitative estimate of drug-likeness (QED) is 0.644. The minimum absolute atomic E-state index is 0.737. The van der Waals surface area contributed by atoms with Crippen LogP contribution in [0.1, 0.15) is 33.0 Å². The Labute approximate surface area is 114 Å². The Morgan fingerprint density at radius 2 is 2.21 bits per heavy atom. The molecule has 0 spiro atoms. The molecule has 2 heterocycles. The fraction of sp³-hybridized carbons (Fsp3) is 0.250. The first-order valence-electron chi connectivity index (χ1n) is 6.60. The Bertz CT molecular complexity index is 543. The van der Waals surface area contributed by atoms with Crippen LogP contribution in [0.2, 0.25) is 0 Å². The topological polar surface area (TPSA) is 41.6 Å². The van der Waals surface area contributed by atoms with Gasteiger partial charge in [0.2, 0.25) is 0 Å². The first kappa shape index (κ1) is 14.9. The van der Waals surface area contributed by atoms with Gasteiger partial charge >= 0.3 is 0 Å². The fourth-order valence-corrected chi connectivity index (χ4v) is 1.59. The van der Waals surface area contributed by atoms with E-state index in [2.05, 4.69) is 33.7 Å². The van der Waals surface area contributed by atoms with Crippen LogP contribution in [0.25, 0.3) is 16.7 Å². The van der Waals surface area contributed by atoms with Crippen molar-refractivity contribution >= 4 is 16.7 Å². The van der Waals surface area contributed by atoms with Crippen molar-refractivity contribution in [2.45, 2.75) is 27.2 Å². The molecule has 2 aromatic rings. The first-order chi connectivity index (χ1) is 9.35. The van der Waals surface area contributed by atoms with Crippen LogP contribution in [0.4, 0.5) is 0 Å². The van der Waals surface area contributed by atoms with Gasteiger partial charge in [0.15, 0.2) is 5.65 Å². The zero-order valence-corrected chi connectivity index (χ0v) is 11.9. The van der Waals surface area contributed by atoms with Crippen LogP contribution < -0.4 is 0 Å². The zero-order valence-electron chi connectivity index (χ0n) is 11.9. The molecular weight excluding hydrogens is 234 g/mol. The van der Waals surface area contributed by atoms with Crippen molar-refractivity contribution in [2.75, 3.05) is 0 Å². The molecule has 2 aromatic heterocycles. The van der Waals surface area contributed by atoms with Crippen LogP contribution in [0, 0.1) is 0 Å². The van der Waals surface area contributed by atoms with Gasteiger partial charge < -0.3 is 4.98 Å². The highest BCUT2D eigenvalue weighted by molar-refractivity contribution is 5.78. The Kier molecular flexibility index (Phi) is 6.30. The van der Waals surface area contributed by atoms with Crippen LogP contribution in [0.5, 0.6) is 0 Å². The van der Waals surface area contributed by atoms with Gasteiger partial charge in [0.05, 0.1) is 5.52 Å². The third-order valence-electron chi connectivity index (χ3n) is 2.46. The number of aromatic nitrogens is 3. The molecule has 100 valence electrons. The number of aromatic amines is 1. The Morgan fingerprint density at radius 3 is 2.84 bits per heavy atom. The van der Waals surface area contributed by atoms with E-state index in [9.17, 15) is 0 Å². The monoisotopic (exact) mass is 255 g/mol. The standard InChI is InChI=1S/C14H15N3.C2H6/c1-3-5-6-8-11(4-2)13-16-12-9-7-10-15-14(12)17-13;1-2/h3-5,7-10H,2,6H2,1H3,(H,15,16,17);1-2H3/b5-3?,11-8+;. The third kappa shape index (κ3) is 3.91. The molecule has 0 aliphatic heterocycles. The van der Waals surface area contributed by atoms with Gasteiger partial charge in [-0.15, -0.1) is 0 Å². The molecule has 0 saturated carbocycles. The Morgan fingerprint density at radius 1 is 1.42 bits per heavy atom. The maximum absolute atomic E-state index is 4.43. The normalized spacial score (nSPS) is 11.4. The molecule has 0 aliphatic carbocycles. The summed E-state index contributed by atoms with van der Waals surface area (Å²) in [6, 6.07) is 3.85. The maximum atomic E-state index is 4.43. The molecule has 3 nitrogen and oxygen atoms in total. The molecule has 3 heteroatoms. The van der Waals surface area contributed by atoms with Gasteiger partial charge in [-0.25, -0.2) is 9.97 Å². The molecule has 0 fully saturated rings. The number of pyridine rings is 1. The minimum atomic E-state index is 0.737. The Balaban J connectivity index is 0.000000861. The first-order valence-corrected chi connectivity index (χ1v) is 6.60. The third-order valence-corrected chi connectivity index (χ3v) is 2.46. The second kappa shape index (κ2) is 8.03. The molecule has 0 radical (unpaired) electrons. The average Bonchev–Trinajstić information content (AvgIpc) is 2.89. The predicted molar refractivity (Wildman–Crippen MR) is 82.8 cm³/mol. The van der Waals surface area contributed by atoms with Crippen molar-refractivity contribution in [3.8, 4) is 0 Å². The number of hydrogen-bond acceptors (Lipinski definition) is 2. The highest BCUT2D eigenvalue weighted by Crippen LogP contribution is 2.16. The summed E-state index contributed by atoms with van der Waals surface area (Å²) in [7, 11) is 0. The van der Waals surface area contributed by atoms with E-state index >= 15 is 0 Å². The molecular formula is C16H21N3. The van der Waals surface area contributed by atoms with E-state index in [0.717, 1.165) is 29.0 Å². The molecule has 0 aromatic carbocycles. The molecule has 0 atom stereocenters. The molecule has 0 bridgehead atoms. The van der Waals surface area contributed by atoms with Crippen molar-refractivity contribution in [2.24, 2.45) is 0 Å². The number of nitrogens with zero attached hydrogens (tertiary/aromatic N) is 2.